The third-order valence-corrected chi connectivity index (χ3v) is 2.49. The Hall–Kier alpha value is -2.77. The van der Waals surface area contributed by atoms with Gasteiger partial charge in [0, 0.05) is 14.0 Å². The highest BCUT2D eigenvalue weighted by Crippen LogP contribution is 2.25. The second kappa shape index (κ2) is 5.91. The number of pyridine rings is 1. The predicted octanol–water partition coefficient (Wildman–Crippen LogP) is 1.71. The van der Waals surface area contributed by atoms with Crippen molar-refractivity contribution >= 4 is 11.6 Å². The van der Waals surface area contributed by atoms with Crippen LogP contribution in [0.3, 0.4) is 0 Å². The molecule has 0 fully saturated rings. The SMILES string of the molecule is CNc1cnc(COc2ccc(C)nc2[N+](=O)[O-])cn1. The van der Waals surface area contributed by atoms with Gasteiger partial charge in [0.2, 0.25) is 5.75 Å². The van der Waals surface area contributed by atoms with Gasteiger partial charge in [-0.05, 0) is 22.0 Å². The summed E-state index contributed by atoms with van der Waals surface area (Å²) in [7, 11) is 1.74. The first-order valence-electron chi connectivity index (χ1n) is 5.83. The van der Waals surface area contributed by atoms with Crippen LogP contribution in [0.15, 0.2) is 24.5 Å². The molecule has 0 aliphatic carbocycles. The minimum atomic E-state index is -0.571. The zero-order valence-corrected chi connectivity index (χ0v) is 11.0. The van der Waals surface area contributed by atoms with Crippen LogP contribution in [0.4, 0.5) is 11.6 Å². The number of hydrogen-bond donors (Lipinski definition) is 1. The molecule has 104 valence electrons. The first-order valence-corrected chi connectivity index (χ1v) is 5.83. The Kier molecular flexibility index (Phi) is 4.04. The van der Waals surface area contributed by atoms with E-state index in [1.54, 1.807) is 32.4 Å². The van der Waals surface area contributed by atoms with Gasteiger partial charge in [-0.15, -0.1) is 0 Å². The van der Waals surface area contributed by atoms with Crippen molar-refractivity contribution in [3.05, 3.63) is 46.0 Å². The van der Waals surface area contributed by atoms with Gasteiger partial charge in [0.15, 0.2) is 0 Å². The lowest BCUT2D eigenvalue weighted by molar-refractivity contribution is -0.390. The monoisotopic (exact) mass is 275 g/mol. The molecular weight excluding hydrogens is 262 g/mol. The smallest absolute Gasteiger partial charge is 0.406 e. The van der Waals surface area contributed by atoms with Gasteiger partial charge in [0.25, 0.3) is 0 Å². The summed E-state index contributed by atoms with van der Waals surface area (Å²) in [6.45, 7) is 1.77. The van der Waals surface area contributed by atoms with Crippen molar-refractivity contribution in [2.45, 2.75) is 13.5 Å². The fraction of sp³-hybridized carbons (Fsp3) is 0.250. The summed E-state index contributed by atoms with van der Waals surface area (Å²) in [5, 5.41) is 13.7. The van der Waals surface area contributed by atoms with E-state index >= 15 is 0 Å². The molecule has 0 radical (unpaired) electrons. The van der Waals surface area contributed by atoms with Crippen LogP contribution in [0.5, 0.6) is 5.75 Å². The Morgan fingerprint density at radius 2 is 2.15 bits per heavy atom. The second-order valence-corrected chi connectivity index (χ2v) is 3.96. The predicted molar refractivity (Wildman–Crippen MR) is 71.5 cm³/mol. The molecule has 0 aliphatic heterocycles. The van der Waals surface area contributed by atoms with Crippen LogP contribution in [0.25, 0.3) is 0 Å². The van der Waals surface area contributed by atoms with Crippen molar-refractivity contribution in [1.82, 2.24) is 15.0 Å². The van der Waals surface area contributed by atoms with Crippen LogP contribution in [0, 0.1) is 17.0 Å². The Bertz CT molecular complexity index is 615. The topological polar surface area (TPSA) is 103 Å². The molecule has 0 saturated heterocycles. The number of aryl methyl sites for hydroxylation is 1. The van der Waals surface area contributed by atoms with Crippen molar-refractivity contribution in [2.24, 2.45) is 0 Å². The van der Waals surface area contributed by atoms with Gasteiger partial charge in [-0.25, -0.2) is 4.98 Å². The number of nitrogens with one attached hydrogen (secondary N) is 1. The molecule has 2 aromatic heterocycles. The average molecular weight is 275 g/mol. The number of nitro groups is 1. The Morgan fingerprint density at radius 1 is 1.35 bits per heavy atom. The summed E-state index contributed by atoms with van der Waals surface area (Å²) in [4.78, 5) is 22.4. The van der Waals surface area contributed by atoms with E-state index in [0.717, 1.165) is 0 Å². The Balaban J connectivity index is 2.12. The van der Waals surface area contributed by atoms with Crippen LogP contribution in [0.1, 0.15) is 11.4 Å². The lowest BCUT2D eigenvalue weighted by Crippen LogP contribution is -2.04. The molecule has 1 N–H and O–H groups in total. The number of anilines is 1. The summed E-state index contributed by atoms with van der Waals surface area (Å²) >= 11 is 0. The number of ether oxygens (including phenoxy) is 1. The van der Waals surface area contributed by atoms with E-state index < -0.39 is 4.92 Å². The quantitative estimate of drug-likeness (QED) is 0.654. The molecule has 8 heteroatoms. The van der Waals surface area contributed by atoms with Crippen molar-refractivity contribution in [3.63, 3.8) is 0 Å². The molecule has 0 unspecified atom stereocenters. The largest absolute Gasteiger partial charge is 0.479 e. The number of rotatable bonds is 5. The van der Waals surface area contributed by atoms with Crippen LogP contribution in [-0.2, 0) is 6.61 Å². The molecule has 2 aromatic rings. The van der Waals surface area contributed by atoms with Gasteiger partial charge in [0.1, 0.15) is 18.1 Å². The Morgan fingerprint density at radius 3 is 2.75 bits per heavy atom. The lowest BCUT2D eigenvalue weighted by Gasteiger charge is -2.06. The summed E-state index contributed by atoms with van der Waals surface area (Å²) in [5.74, 6) is 0.446. The van der Waals surface area contributed by atoms with Gasteiger partial charge >= 0.3 is 5.82 Å². The fourth-order valence-electron chi connectivity index (χ4n) is 1.48. The van der Waals surface area contributed by atoms with E-state index in [1.807, 2.05) is 0 Å². The van der Waals surface area contributed by atoms with Crippen molar-refractivity contribution in [1.29, 1.82) is 0 Å². The van der Waals surface area contributed by atoms with Gasteiger partial charge in [-0.1, -0.05) is 0 Å². The molecule has 0 saturated carbocycles. The van der Waals surface area contributed by atoms with E-state index in [-0.39, 0.29) is 18.2 Å². The summed E-state index contributed by atoms with van der Waals surface area (Å²) in [5.41, 5.74) is 1.13. The molecule has 8 nitrogen and oxygen atoms in total. The van der Waals surface area contributed by atoms with Crippen LogP contribution in [0.2, 0.25) is 0 Å². The van der Waals surface area contributed by atoms with Crippen molar-refractivity contribution < 1.29 is 9.66 Å². The molecule has 0 spiro atoms. The zero-order chi connectivity index (χ0) is 14.5. The number of hydrogen-bond acceptors (Lipinski definition) is 7. The maximum atomic E-state index is 10.9. The third kappa shape index (κ3) is 3.16. The molecule has 0 aliphatic rings. The minimum Gasteiger partial charge on any atom is -0.479 e. The lowest BCUT2D eigenvalue weighted by atomic mass is 10.3. The highest BCUT2D eigenvalue weighted by Gasteiger charge is 2.17. The highest BCUT2D eigenvalue weighted by atomic mass is 16.6. The minimum absolute atomic E-state index is 0.0859. The maximum absolute atomic E-state index is 10.9. The summed E-state index contributed by atoms with van der Waals surface area (Å²) in [6.07, 6.45) is 3.10. The first kappa shape index (κ1) is 13.7. The van der Waals surface area contributed by atoms with E-state index in [0.29, 0.717) is 17.2 Å². The van der Waals surface area contributed by atoms with Gasteiger partial charge in [-0.3, -0.25) is 4.98 Å². The van der Waals surface area contributed by atoms with Gasteiger partial charge in [-0.2, -0.15) is 0 Å². The third-order valence-electron chi connectivity index (χ3n) is 2.49. The van der Waals surface area contributed by atoms with Crippen molar-refractivity contribution in [3.8, 4) is 5.75 Å². The van der Waals surface area contributed by atoms with E-state index in [1.165, 1.54) is 6.07 Å². The van der Waals surface area contributed by atoms with Crippen LogP contribution in [-0.4, -0.2) is 26.9 Å². The van der Waals surface area contributed by atoms with Crippen molar-refractivity contribution in [2.75, 3.05) is 12.4 Å². The standard InChI is InChI=1S/C12H13N5O3/c1-8-3-4-10(12(16-8)17(18)19)20-7-9-5-15-11(13-2)6-14-9/h3-6H,7H2,1-2H3,(H,13,15). The fourth-order valence-corrected chi connectivity index (χ4v) is 1.48. The van der Waals surface area contributed by atoms with E-state index in [9.17, 15) is 10.1 Å². The molecule has 20 heavy (non-hydrogen) atoms. The molecule has 2 heterocycles. The number of nitrogens with zero attached hydrogens (tertiary/aromatic N) is 4. The average Bonchev–Trinajstić information content (AvgIpc) is 2.46. The molecular formula is C12H13N5O3. The second-order valence-electron chi connectivity index (χ2n) is 3.96. The molecule has 0 bridgehead atoms. The van der Waals surface area contributed by atoms with Crippen LogP contribution < -0.4 is 10.1 Å². The normalized spacial score (nSPS) is 10.1. The summed E-state index contributed by atoms with van der Waals surface area (Å²) in [6, 6.07) is 3.17. The first-order chi connectivity index (χ1) is 9.60. The molecule has 2 rings (SSSR count). The molecule has 0 aromatic carbocycles. The van der Waals surface area contributed by atoms with Gasteiger partial charge < -0.3 is 20.2 Å². The zero-order valence-electron chi connectivity index (χ0n) is 11.0. The highest BCUT2D eigenvalue weighted by molar-refractivity contribution is 5.40. The molecule has 0 atom stereocenters. The van der Waals surface area contributed by atoms with E-state index in [4.69, 9.17) is 4.74 Å². The van der Waals surface area contributed by atoms with E-state index in [2.05, 4.69) is 20.3 Å². The maximum Gasteiger partial charge on any atom is 0.406 e. The van der Waals surface area contributed by atoms with Gasteiger partial charge in [0.05, 0.1) is 18.1 Å². The Labute approximate surface area is 115 Å². The number of aromatic nitrogens is 3. The summed E-state index contributed by atoms with van der Waals surface area (Å²) < 4.78 is 5.39. The molecule has 0 amide bonds. The van der Waals surface area contributed by atoms with Crippen LogP contribution >= 0.6 is 0 Å².